The Morgan fingerprint density at radius 1 is 1.17 bits per heavy atom. The fourth-order valence-electron chi connectivity index (χ4n) is 3.24. The van der Waals surface area contributed by atoms with E-state index in [0.717, 1.165) is 33.5 Å². The molecular formula is C20H17N3O. The molecule has 4 nitrogen and oxygen atoms in total. The highest BCUT2D eigenvalue weighted by Crippen LogP contribution is 2.31. The Morgan fingerprint density at radius 2 is 1.96 bits per heavy atom. The van der Waals surface area contributed by atoms with Gasteiger partial charge in [-0.3, -0.25) is 14.5 Å². The predicted molar refractivity (Wildman–Crippen MR) is 93.6 cm³/mol. The second kappa shape index (κ2) is 5.57. The number of Topliss-reactive ketones (excluding diaryl/α,β-unsaturated/α-hetero) is 1. The van der Waals surface area contributed by atoms with Crippen LogP contribution in [0.15, 0.2) is 54.5 Å². The van der Waals surface area contributed by atoms with E-state index < -0.39 is 0 Å². The zero-order valence-electron chi connectivity index (χ0n) is 13.7. The molecule has 0 unspecified atom stereocenters. The van der Waals surface area contributed by atoms with Gasteiger partial charge in [0.2, 0.25) is 0 Å². The molecule has 0 saturated heterocycles. The minimum atomic E-state index is 0.123. The first kappa shape index (κ1) is 14.6. The number of benzene rings is 1. The number of carbonyl (C=O) groups is 1. The Bertz CT molecular complexity index is 968. The van der Waals surface area contributed by atoms with Crippen molar-refractivity contribution in [1.29, 1.82) is 0 Å². The highest BCUT2D eigenvalue weighted by molar-refractivity contribution is 6.16. The second-order valence-corrected chi connectivity index (χ2v) is 6.12. The molecule has 4 rings (SSSR count). The number of carbonyl (C=O) groups excluding carboxylic acids is 1. The summed E-state index contributed by atoms with van der Waals surface area (Å²) in [6.45, 7) is 2.06. The number of allylic oxidation sites excluding steroid dienone is 1. The number of rotatable bonds is 2. The van der Waals surface area contributed by atoms with E-state index in [1.807, 2.05) is 43.6 Å². The van der Waals surface area contributed by atoms with Crippen molar-refractivity contribution in [2.45, 2.75) is 13.3 Å². The number of hydrogen-bond acceptors (Lipinski definition) is 3. The van der Waals surface area contributed by atoms with Crippen LogP contribution in [0, 0.1) is 6.92 Å². The molecule has 0 spiro atoms. The molecule has 118 valence electrons. The van der Waals surface area contributed by atoms with Gasteiger partial charge < -0.3 is 0 Å². The van der Waals surface area contributed by atoms with E-state index in [9.17, 15) is 4.79 Å². The molecule has 0 amide bonds. The van der Waals surface area contributed by atoms with E-state index in [1.165, 1.54) is 5.56 Å². The summed E-state index contributed by atoms with van der Waals surface area (Å²) < 4.78 is 1.78. The number of hydrogen-bond donors (Lipinski definition) is 0. The van der Waals surface area contributed by atoms with E-state index in [1.54, 1.807) is 17.1 Å². The highest BCUT2D eigenvalue weighted by Gasteiger charge is 2.26. The zero-order chi connectivity index (χ0) is 16.7. The molecule has 2 heterocycles. The second-order valence-electron chi connectivity index (χ2n) is 6.12. The van der Waals surface area contributed by atoms with Gasteiger partial charge in [0, 0.05) is 54.3 Å². The average Bonchev–Trinajstić information content (AvgIpc) is 3.11. The van der Waals surface area contributed by atoms with E-state index >= 15 is 0 Å². The normalized spacial score (nSPS) is 15.1. The monoisotopic (exact) mass is 315 g/mol. The standard InChI is InChI=1S/C20H17N3O/c1-13-4-3-5-17-18(13)11-15(20(17)24)10-16-12-23(2)22-19(16)14-6-8-21-9-7-14/h3-10,12H,11H2,1-2H3. The first-order chi connectivity index (χ1) is 11.6. The lowest BCUT2D eigenvalue weighted by Gasteiger charge is -2.00. The molecule has 2 aromatic heterocycles. The Kier molecular flexibility index (Phi) is 3.38. The number of aryl methyl sites for hydroxylation is 2. The lowest BCUT2D eigenvalue weighted by Crippen LogP contribution is -1.95. The maximum Gasteiger partial charge on any atom is 0.189 e. The maximum absolute atomic E-state index is 12.7. The third kappa shape index (κ3) is 2.36. The lowest BCUT2D eigenvalue weighted by atomic mass is 10.0. The molecule has 3 aromatic rings. The summed E-state index contributed by atoms with van der Waals surface area (Å²) in [6, 6.07) is 9.78. The number of aromatic nitrogens is 3. The Morgan fingerprint density at radius 3 is 2.71 bits per heavy atom. The molecule has 0 radical (unpaired) electrons. The van der Waals surface area contributed by atoms with E-state index in [0.29, 0.717) is 6.42 Å². The van der Waals surface area contributed by atoms with Gasteiger partial charge >= 0.3 is 0 Å². The minimum Gasteiger partial charge on any atom is -0.289 e. The molecule has 1 aromatic carbocycles. The van der Waals surface area contributed by atoms with Crippen molar-refractivity contribution < 1.29 is 4.79 Å². The van der Waals surface area contributed by atoms with Gasteiger partial charge in [-0.15, -0.1) is 0 Å². The summed E-state index contributed by atoms with van der Waals surface area (Å²) in [7, 11) is 1.89. The summed E-state index contributed by atoms with van der Waals surface area (Å²) >= 11 is 0. The van der Waals surface area contributed by atoms with Crippen molar-refractivity contribution in [2.24, 2.45) is 7.05 Å². The van der Waals surface area contributed by atoms with Gasteiger partial charge in [0.15, 0.2) is 5.78 Å². The van der Waals surface area contributed by atoms with Crippen LogP contribution < -0.4 is 0 Å². The first-order valence-corrected chi connectivity index (χ1v) is 7.91. The van der Waals surface area contributed by atoms with E-state index in [4.69, 9.17) is 0 Å². The Hall–Kier alpha value is -3.01. The van der Waals surface area contributed by atoms with Gasteiger partial charge in [-0.1, -0.05) is 18.2 Å². The van der Waals surface area contributed by atoms with Crippen LogP contribution in [0.3, 0.4) is 0 Å². The third-order valence-electron chi connectivity index (χ3n) is 4.45. The quantitative estimate of drug-likeness (QED) is 0.679. The average molecular weight is 315 g/mol. The van der Waals surface area contributed by atoms with Crippen molar-refractivity contribution in [1.82, 2.24) is 14.8 Å². The molecule has 4 heteroatoms. The molecule has 0 N–H and O–H groups in total. The number of pyridine rings is 1. The smallest absolute Gasteiger partial charge is 0.189 e. The molecular weight excluding hydrogens is 298 g/mol. The lowest BCUT2D eigenvalue weighted by molar-refractivity contribution is 0.104. The van der Waals surface area contributed by atoms with Gasteiger partial charge in [0.1, 0.15) is 0 Å². The fraction of sp³-hybridized carbons (Fsp3) is 0.150. The SMILES string of the molecule is Cc1cccc2c1CC(=Cc1cn(C)nc1-c1ccncc1)C2=O. The molecule has 1 aliphatic carbocycles. The summed E-state index contributed by atoms with van der Waals surface area (Å²) in [5.74, 6) is 0.123. The summed E-state index contributed by atoms with van der Waals surface area (Å²) in [5.41, 5.74) is 6.79. The van der Waals surface area contributed by atoms with Gasteiger partial charge in [0.05, 0.1) is 5.69 Å². The summed E-state index contributed by atoms with van der Waals surface area (Å²) in [6.07, 6.45) is 8.11. The Labute approximate surface area is 140 Å². The molecule has 0 saturated carbocycles. The highest BCUT2D eigenvalue weighted by atomic mass is 16.1. The molecule has 1 aliphatic rings. The zero-order valence-corrected chi connectivity index (χ0v) is 13.7. The first-order valence-electron chi connectivity index (χ1n) is 7.91. The Balaban J connectivity index is 1.79. The topological polar surface area (TPSA) is 47.8 Å². The minimum absolute atomic E-state index is 0.123. The maximum atomic E-state index is 12.7. The fourth-order valence-corrected chi connectivity index (χ4v) is 3.24. The molecule has 24 heavy (non-hydrogen) atoms. The van der Waals surface area contributed by atoms with Crippen LogP contribution in [-0.4, -0.2) is 20.5 Å². The van der Waals surface area contributed by atoms with E-state index in [2.05, 4.69) is 23.1 Å². The van der Waals surface area contributed by atoms with Crippen LogP contribution in [0.5, 0.6) is 0 Å². The molecule has 0 aliphatic heterocycles. The number of nitrogens with zero attached hydrogens (tertiary/aromatic N) is 3. The van der Waals surface area contributed by atoms with Gasteiger partial charge in [-0.25, -0.2) is 0 Å². The van der Waals surface area contributed by atoms with Crippen LogP contribution in [0.1, 0.15) is 27.0 Å². The number of ketones is 1. The van der Waals surface area contributed by atoms with Crippen molar-refractivity contribution in [3.05, 3.63) is 76.7 Å². The third-order valence-corrected chi connectivity index (χ3v) is 4.45. The predicted octanol–water partition coefficient (Wildman–Crippen LogP) is 3.61. The molecule has 0 atom stereocenters. The van der Waals surface area contributed by atoms with Crippen LogP contribution in [0.4, 0.5) is 0 Å². The van der Waals surface area contributed by atoms with E-state index in [-0.39, 0.29) is 5.78 Å². The van der Waals surface area contributed by atoms with Crippen LogP contribution in [0.25, 0.3) is 17.3 Å². The molecule has 0 fully saturated rings. The van der Waals surface area contributed by atoms with Gasteiger partial charge in [-0.2, -0.15) is 5.10 Å². The largest absolute Gasteiger partial charge is 0.289 e. The van der Waals surface area contributed by atoms with Crippen LogP contribution in [0.2, 0.25) is 0 Å². The molecule has 0 bridgehead atoms. The number of fused-ring (bicyclic) bond motifs is 1. The van der Waals surface area contributed by atoms with Crippen molar-refractivity contribution in [2.75, 3.05) is 0 Å². The van der Waals surface area contributed by atoms with Gasteiger partial charge in [-0.05, 0) is 36.3 Å². The summed E-state index contributed by atoms with van der Waals surface area (Å²) in [5, 5.41) is 4.55. The van der Waals surface area contributed by atoms with Crippen molar-refractivity contribution >= 4 is 11.9 Å². The summed E-state index contributed by atoms with van der Waals surface area (Å²) in [4.78, 5) is 16.8. The van der Waals surface area contributed by atoms with Crippen LogP contribution >= 0.6 is 0 Å². The van der Waals surface area contributed by atoms with Crippen molar-refractivity contribution in [3.8, 4) is 11.3 Å². The van der Waals surface area contributed by atoms with Crippen molar-refractivity contribution in [3.63, 3.8) is 0 Å². The van der Waals surface area contributed by atoms with Gasteiger partial charge in [0.25, 0.3) is 0 Å². The van der Waals surface area contributed by atoms with Crippen LogP contribution in [-0.2, 0) is 13.5 Å².